The van der Waals surface area contributed by atoms with Crippen LogP contribution in [0.1, 0.15) is 23.7 Å². The highest BCUT2D eigenvalue weighted by molar-refractivity contribution is 5.81. The Bertz CT molecular complexity index is 686. The topological polar surface area (TPSA) is 83.7 Å². The molecular formula is C18H20N2O4. The summed E-state index contributed by atoms with van der Waals surface area (Å²) >= 11 is 0. The fourth-order valence-corrected chi connectivity index (χ4v) is 2.40. The molecule has 6 nitrogen and oxygen atoms in total. The van der Waals surface area contributed by atoms with Gasteiger partial charge in [-0.15, -0.1) is 0 Å². The zero-order chi connectivity index (χ0) is 17.5. The molecule has 0 saturated heterocycles. The Labute approximate surface area is 140 Å². The molecule has 2 rings (SSSR count). The van der Waals surface area contributed by atoms with Crippen LogP contribution in [-0.4, -0.2) is 34.4 Å². The van der Waals surface area contributed by atoms with Gasteiger partial charge >= 0.3 is 0 Å². The molecule has 0 spiro atoms. The van der Waals surface area contributed by atoms with Crippen molar-refractivity contribution in [3.8, 4) is 0 Å². The molecule has 24 heavy (non-hydrogen) atoms. The number of rotatable bonds is 7. The highest BCUT2D eigenvalue weighted by Crippen LogP contribution is 2.16. The van der Waals surface area contributed by atoms with Crippen LogP contribution in [0.5, 0.6) is 0 Å². The van der Waals surface area contributed by atoms with Gasteiger partial charge in [-0.3, -0.25) is 14.9 Å². The maximum absolute atomic E-state index is 12.2. The Kier molecular flexibility index (Phi) is 6.03. The molecule has 0 aliphatic heterocycles. The van der Waals surface area contributed by atoms with E-state index in [2.05, 4.69) is 0 Å². The first-order valence-electron chi connectivity index (χ1n) is 7.70. The minimum absolute atomic E-state index is 0.0667. The molecule has 0 bridgehead atoms. The van der Waals surface area contributed by atoms with Crippen LogP contribution in [0.2, 0.25) is 0 Å². The number of non-ortho nitro benzene ring substituents is 1. The van der Waals surface area contributed by atoms with Crippen molar-refractivity contribution in [2.24, 2.45) is 0 Å². The summed E-state index contributed by atoms with van der Waals surface area (Å²) in [6.07, 6.45) is 0.258. The molecule has 126 valence electrons. The van der Waals surface area contributed by atoms with Crippen LogP contribution in [0.4, 0.5) is 5.69 Å². The third-order valence-electron chi connectivity index (χ3n) is 3.83. The van der Waals surface area contributed by atoms with Crippen LogP contribution in [0, 0.1) is 10.1 Å². The van der Waals surface area contributed by atoms with Crippen molar-refractivity contribution in [3.05, 3.63) is 75.8 Å². The number of hydrogen-bond acceptors (Lipinski definition) is 4. The number of nitro benzene ring substituents is 1. The summed E-state index contributed by atoms with van der Waals surface area (Å²) in [6.45, 7) is 0.500. The van der Waals surface area contributed by atoms with E-state index in [4.69, 9.17) is 0 Å². The Morgan fingerprint density at radius 3 is 2.38 bits per heavy atom. The number of likely N-dealkylation sites (N-methyl/N-ethyl adjacent to an activating group) is 1. The molecule has 2 aromatic carbocycles. The molecule has 0 aliphatic carbocycles. The minimum atomic E-state index is -1.16. The highest BCUT2D eigenvalue weighted by Gasteiger charge is 2.20. The lowest BCUT2D eigenvalue weighted by atomic mass is 10.1. The average Bonchev–Trinajstić information content (AvgIpc) is 2.61. The van der Waals surface area contributed by atoms with Gasteiger partial charge in [-0.2, -0.15) is 0 Å². The van der Waals surface area contributed by atoms with Crippen LogP contribution in [0.15, 0.2) is 54.6 Å². The van der Waals surface area contributed by atoms with Gasteiger partial charge in [0.25, 0.3) is 11.6 Å². The number of nitrogens with zero attached hydrogens (tertiary/aromatic N) is 2. The monoisotopic (exact) mass is 328 g/mol. The van der Waals surface area contributed by atoms with Crippen molar-refractivity contribution < 1.29 is 14.8 Å². The molecule has 0 aliphatic rings. The number of benzene rings is 2. The van der Waals surface area contributed by atoms with Crippen LogP contribution >= 0.6 is 0 Å². The lowest BCUT2D eigenvalue weighted by molar-refractivity contribution is -0.384. The molecule has 1 atom stereocenters. The number of aliphatic hydroxyl groups is 1. The van der Waals surface area contributed by atoms with Gasteiger partial charge in [-0.1, -0.05) is 42.5 Å². The summed E-state index contributed by atoms with van der Waals surface area (Å²) in [4.78, 5) is 23.9. The van der Waals surface area contributed by atoms with E-state index in [-0.39, 0.29) is 11.6 Å². The van der Waals surface area contributed by atoms with Gasteiger partial charge in [-0.25, -0.2) is 0 Å². The van der Waals surface area contributed by atoms with E-state index in [0.29, 0.717) is 24.9 Å². The first-order valence-corrected chi connectivity index (χ1v) is 7.70. The standard InChI is InChI=1S/C18H20N2O4/c1-19(18(22)17(21)15-7-3-2-4-8-15)13-5-6-14-9-11-16(12-10-14)20(23)24/h2-4,7-12,17,21H,5-6,13H2,1H3/t17-/m0/s1. The van der Waals surface area contributed by atoms with Crippen molar-refractivity contribution in [2.75, 3.05) is 13.6 Å². The second-order valence-electron chi connectivity index (χ2n) is 5.60. The largest absolute Gasteiger partial charge is 0.378 e. The number of aryl methyl sites for hydroxylation is 1. The van der Waals surface area contributed by atoms with Crippen molar-refractivity contribution in [2.45, 2.75) is 18.9 Å². The van der Waals surface area contributed by atoms with E-state index < -0.39 is 11.0 Å². The summed E-state index contributed by atoms with van der Waals surface area (Å²) in [5.74, 6) is -0.343. The third kappa shape index (κ3) is 4.63. The number of carbonyl (C=O) groups excluding carboxylic acids is 1. The molecule has 2 aromatic rings. The smallest absolute Gasteiger partial charge is 0.269 e. The molecule has 0 fully saturated rings. The second kappa shape index (κ2) is 8.21. The fraction of sp³-hybridized carbons (Fsp3) is 0.278. The van der Waals surface area contributed by atoms with Crippen molar-refractivity contribution in [1.29, 1.82) is 0 Å². The van der Waals surface area contributed by atoms with Gasteiger partial charge in [0.15, 0.2) is 6.10 Å². The zero-order valence-electron chi connectivity index (χ0n) is 13.5. The minimum Gasteiger partial charge on any atom is -0.378 e. The molecule has 6 heteroatoms. The van der Waals surface area contributed by atoms with Crippen molar-refractivity contribution in [1.82, 2.24) is 4.90 Å². The van der Waals surface area contributed by atoms with Crippen molar-refractivity contribution in [3.63, 3.8) is 0 Å². The molecule has 0 aromatic heterocycles. The van der Waals surface area contributed by atoms with E-state index in [1.54, 1.807) is 43.4 Å². The lowest BCUT2D eigenvalue weighted by Gasteiger charge is -2.20. The summed E-state index contributed by atoms with van der Waals surface area (Å²) < 4.78 is 0. The molecule has 0 unspecified atom stereocenters. The summed E-state index contributed by atoms with van der Waals surface area (Å²) in [5.41, 5.74) is 1.62. The Hall–Kier alpha value is -2.73. The van der Waals surface area contributed by atoms with Crippen LogP contribution in [0.25, 0.3) is 0 Å². The van der Waals surface area contributed by atoms with Crippen LogP contribution in [-0.2, 0) is 11.2 Å². The number of carbonyl (C=O) groups is 1. The van der Waals surface area contributed by atoms with Gasteiger partial charge in [0, 0.05) is 25.7 Å². The van der Waals surface area contributed by atoms with Gasteiger partial charge in [-0.05, 0) is 24.0 Å². The van der Waals surface area contributed by atoms with E-state index >= 15 is 0 Å². The third-order valence-corrected chi connectivity index (χ3v) is 3.83. The second-order valence-corrected chi connectivity index (χ2v) is 5.60. The Morgan fingerprint density at radius 1 is 1.17 bits per heavy atom. The number of nitro groups is 1. The summed E-state index contributed by atoms with van der Waals surface area (Å²) in [5, 5.41) is 20.7. The quantitative estimate of drug-likeness (QED) is 0.625. The van der Waals surface area contributed by atoms with E-state index in [0.717, 1.165) is 5.56 Å². The van der Waals surface area contributed by atoms with Gasteiger partial charge in [0.05, 0.1) is 4.92 Å². The van der Waals surface area contributed by atoms with E-state index in [1.807, 2.05) is 6.07 Å². The highest BCUT2D eigenvalue weighted by atomic mass is 16.6. The van der Waals surface area contributed by atoms with Crippen molar-refractivity contribution >= 4 is 11.6 Å². The van der Waals surface area contributed by atoms with Crippen LogP contribution < -0.4 is 0 Å². The van der Waals surface area contributed by atoms with E-state index in [1.165, 1.54) is 17.0 Å². The molecule has 0 radical (unpaired) electrons. The predicted octanol–water partition coefficient (Wildman–Crippen LogP) is 2.72. The Balaban J connectivity index is 1.83. The molecule has 0 saturated carbocycles. The summed E-state index contributed by atoms with van der Waals surface area (Å²) in [7, 11) is 1.66. The first kappa shape index (κ1) is 17.6. The first-order chi connectivity index (χ1) is 11.5. The predicted molar refractivity (Wildman–Crippen MR) is 90.5 cm³/mol. The van der Waals surface area contributed by atoms with Gasteiger partial charge in [0.1, 0.15) is 0 Å². The normalized spacial score (nSPS) is 11.8. The zero-order valence-corrected chi connectivity index (χ0v) is 13.5. The maximum atomic E-state index is 12.2. The number of amides is 1. The summed E-state index contributed by atoms with van der Waals surface area (Å²) in [6, 6.07) is 15.2. The molecule has 1 N–H and O–H groups in total. The Morgan fingerprint density at radius 2 is 1.79 bits per heavy atom. The molecular weight excluding hydrogens is 308 g/mol. The van der Waals surface area contributed by atoms with Crippen LogP contribution in [0.3, 0.4) is 0 Å². The van der Waals surface area contributed by atoms with Gasteiger partial charge in [0.2, 0.25) is 0 Å². The van der Waals surface area contributed by atoms with E-state index in [9.17, 15) is 20.0 Å². The average molecular weight is 328 g/mol. The SMILES string of the molecule is CN(CCCc1ccc([N+](=O)[O-])cc1)C(=O)[C@@H](O)c1ccccc1. The number of hydrogen-bond donors (Lipinski definition) is 1. The lowest BCUT2D eigenvalue weighted by Crippen LogP contribution is -2.32. The number of aliphatic hydroxyl groups excluding tert-OH is 1. The van der Waals surface area contributed by atoms with Gasteiger partial charge < -0.3 is 10.0 Å². The maximum Gasteiger partial charge on any atom is 0.269 e. The fourth-order valence-electron chi connectivity index (χ4n) is 2.40. The molecule has 0 heterocycles. The molecule has 1 amide bonds.